The van der Waals surface area contributed by atoms with Gasteiger partial charge in [0.1, 0.15) is 0 Å². The summed E-state index contributed by atoms with van der Waals surface area (Å²) in [7, 11) is -3.19. The Labute approximate surface area is 122 Å². The van der Waals surface area contributed by atoms with Crippen LogP contribution in [0.5, 0.6) is 0 Å². The highest BCUT2D eigenvalue weighted by atomic mass is 32.2. The van der Waals surface area contributed by atoms with Gasteiger partial charge in [-0.1, -0.05) is 31.2 Å². The lowest BCUT2D eigenvalue weighted by Crippen LogP contribution is -2.34. The van der Waals surface area contributed by atoms with Gasteiger partial charge in [0.05, 0.1) is 5.75 Å². The molecular formula is C15H24N2O2S. The Balaban J connectivity index is 2.09. The van der Waals surface area contributed by atoms with E-state index < -0.39 is 10.0 Å². The van der Waals surface area contributed by atoms with Gasteiger partial charge in [-0.25, -0.2) is 8.42 Å². The van der Waals surface area contributed by atoms with Gasteiger partial charge in [0.25, 0.3) is 0 Å². The van der Waals surface area contributed by atoms with Crippen LogP contribution in [0.15, 0.2) is 24.3 Å². The van der Waals surface area contributed by atoms with Crippen LogP contribution in [0.3, 0.4) is 0 Å². The maximum atomic E-state index is 12.4. The molecule has 0 aromatic heterocycles. The standard InChI is InChI=1S/C15H24N2O2S/c1-3-16-11-14-7-4-8-15(10-14)12-20(18,19)17-9-5-6-13(17)2/h4,7-8,10,13,16H,3,5-6,9,11-12H2,1-2H3. The zero-order chi connectivity index (χ0) is 14.6. The van der Waals surface area contributed by atoms with Crippen molar-refractivity contribution in [1.82, 2.24) is 9.62 Å². The van der Waals surface area contributed by atoms with Gasteiger partial charge < -0.3 is 5.32 Å². The molecule has 1 aromatic rings. The minimum Gasteiger partial charge on any atom is -0.313 e. The van der Waals surface area contributed by atoms with Crippen molar-refractivity contribution in [3.8, 4) is 0 Å². The molecule has 20 heavy (non-hydrogen) atoms. The lowest BCUT2D eigenvalue weighted by molar-refractivity contribution is 0.407. The molecule has 0 amide bonds. The van der Waals surface area contributed by atoms with E-state index >= 15 is 0 Å². The Morgan fingerprint density at radius 3 is 2.75 bits per heavy atom. The lowest BCUT2D eigenvalue weighted by Gasteiger charge is -2.21. The third kappa shape index (κ3) is 3.81. The van der Waals surface area contributed by atoms with Crippen molar-refractivity contribution in [2.24, 2.45) is 0 Å². The molecule has 1 unspecified atom stereocenters. The highest BCUT2D eigenvalue weighted by Gasteiger charge is 2.31. The molecule has 1 saturated heterocycles. The number of rotatable bonds is 6. The summed E-state index contributed by atoms with van der Waals surface area (Å²) < 4.78 is 26.6. The summed E-state index contributed by atoms with van der Waals surface area (Å²) in [5.41, 5.74) is 2.01. The Morgan fingerprint density at radius 2 is 2.10 bits per heavy atom. The van der Waals surface area contributed by atoms with Crippen LogP contribution in [0, 0.1) is 0 Å². The summed E-state index contributed by atoms with van der Waals surface area (Å²) in [6, 6.07) is 7.99. The Morgan fingerprint density at radius 1 is 1.35 bits per heavy atom. The first-order valence-corrected chi connectivity index (χ1v) is 8.92. The van der Waals surface area contributed by atoms with E-state index in [9.17, 15) is 8.42 Å². The maximum Gasteiger partial charge on any atom is 0.218 e. The molecule has 0 bridgehead atoms. The van der Waals surface area contributed by atoms with Crippen LogP contribution < -0.4 is 5.32 Å². The van der Waals surface area contributed by atoms with Crippen LogP contribution in [-0.4, -0.2) is 31.9 Å². The van der Waals surface area contributed by atoms with E-state index in [0.29, 0.717) is 6.54 Å². The van der Waals surface area contributed by atoms with Gasteiger partial charge >= 0.3 is 0 Å². The fourth-order valence-corrected chi connectivity index (χ4v) is 4.54. The van der Waals surface area contributed by atoms with Crippen molar-refractivity contribution in [2.75, 3.05) is 13.1 Å². The Kier molecular flexibility index (Phi) is 5.18. The van der Waals surface area contributed by atoms with E-state index in [2.05, 4.69) is 12.2 Å². The lowest BCUT2D eigenvalue weighted by atomic mass is 10.1. The molecule has 1 aliphatic heterocycles. The number of benzene rings is 1. The van der Waals surface area contributed by atoms with E-state index in [1.54, 1.807) is 4.31 Å². The third-order valence-electron chi connectivity index (χ3n) is 3.77. The molecule has 1 atom stereocenters. The molecule has 0 spiro atoms. The van der Waals surface area contributed by atoms with Crippen LogP contribution in [0.25, 0.3) is 0 Å². The van der Waals surface area contributed by atoms with E-state index in [0.717, 1.165) is 37.1 Å². The predicted molar refractivity (Wildman–Crippen MR) is 81.8 cm³/mol. The topological polar surface area (TPSA) is 49.4 Å². The van der Waals surface area contributed by atoms with Crippen molar-refractivity contribution in [3.63, 3.8) is 0 Å². The average Bonchev–Trinajstić information content (AvgIpc) is 2.83. The van der Waals surface area contributed by atoms with Gasteiger partial charge in [0.2, 0.25) is 10.0 Å². The number of sulfonamides is 1. The second-order valence-corrected chi connectivity index (χ2v) is 7.38. The summed E-state index contributed by atoms with van der Waals surface area (Å²) in [5.74, 6) is 0.108. The van der Waals surface area contributed by atoms with Crippen LogP contribution in [0.1, 0.15) is 37.8 Å². The molecule has 1 aromatic carbocycles. The molecule has 1 fully saturated rings. The third-order valence-corrected chi connectivity index (χ3v) is 5.72. The van der Waals surface area contributed by atoms with Crippen molar-refractivity contribution in [3.05, 3.63) is 35.4 Å². The van der Waals surface area contributed by atoms with Crippen molar-refractivity contribution < 1.29 is 8.42 Å². The molecular weight excluding hydrogens is 272 g/mol. The molecule has 112 valence electrons. The Hall–Kier alpha value is -0.910. The van der Waals surface area contributed by atoms with Gasteiger partial charge in [-0.3, -0.25) is 0 Å². The molecule has 2 rings (SSSR count). The van der Waals surface area contributed by atoms with Gasteiger partial charge in [0, 0.05) is 19.1 Å². The predicted octanol–water partition coefficient (Wildman–Crippen LogP) is 2.11. The summed E-state index contributed by atoms with van der Waals surface area (Å²) in [5, 5.41) is 3.26. The first kappa shape index (κ1) is 15.5. The summed E-state index contributed by atoms with van der Waals surface area (Å²) in [4.78, 5) is 0. The van der Waals surface area contributed by atoms with E-state index in [1.807, 2.05) is 31.2 Å². The normalized spacial score (nSPS) is 20.4. The number of hydrogen-bond donors (Lipinski definition) is 1. The van der Waals surface area contributed by atoms with Gasteiger partial charge in [0.15, 0.2) is 0 Å². The quantitative estimate of drug-likeness (QED) is 0.874. The minimum absolute atomic E-state index is 0.108. The SMILES string of the molecule is CCNCc1cccc(CS(=O)(=O)N2CCCC2C)c1. The fraction of sp³-hybridized carbons (Fsp3) is 0.600. The van der Waals surface area contributed by atoms with E-state index in [-0.39, 0.29) is 11.8 Å². The van der Waals surface area contributed by atoms with E-state index in [1.165, 1.54) is 0 Å². The molecule has 1 heterocycles. The largest absolute Gasteiger partial charge is 0.313 e. The molecule has 1 N–H and O–H groups in total. The molecule has 5 heteroatoms. The average molecular weight is 296 g/mol. The number of nitrogens with one attached hydrogen (secondary N) is 1. The maximum absolute atomic E-state index is 12.4. The molecule has 0 saturated carbocycles. The van der Waals surface area contributed by atoms with Crippen LogP contribution in [-0.2, 0) is 22.3 Å². The summed E-state index contributed by atoms with van der Waals surface area (Å²) in [6.07, 6.45) is 1.94. The van der Waals surface area contributed by atoms with Gasteiger partial charge in [-0.05, 0) is 37.4 Å². The van der Waals surface area contributed by atoms with Crippen LogP contribution in [0.4, 0.5) is 0 Å². The Bertz CT molecular complexity index is 543. The van der Waals surface area contributed by atoms with Gasteiger partial charge in [-0.2, -0.15) is 4.31 Å². The molecule has 0 radical (unpaired) electrons. The van der Waals surface area contributed by atoms with Crippen molar-refractivity contribution in [1.29, 1.82) is 0 Å². The summed E-state index contributed by atoms with van der Waals surface area (Å²) in [6.45, 7) is 6.41. The van der Waals surface area contributed by atoms with Crippen molar-refractivity contribution in [2.45, 2.75) is 45.0 Å². The second-order valence-electron chi connectivity index (χ2n) is 5.46. The second kappa shape index (κ2) is 6.70. The number of nitrogens with zero attached hydrogens (tertiary/aromatic N) is 1. The molecule has 0 aliphatic carbocycles. The van der Waals surface area contributed by atoms with Crippen LogP contribution >= 0.6 is 0 Å². The highest BCUT2D eigenvalue weighted by Crippen LogP contribution is 2.23. The van der Waals surface area contributed by atoms with Gasteiger partial charge in [-0.15, -0.1) is 0 Å². The zero-order valence-electron chi connectivity index (χ0n) is 12.3. The molecule has 1 aliphatic rings. The fourth-order valence-electron chi connectivity index (χ4n) is 2.71. The minimum atomic E-state index is -3.19. The smallest absolute Gasteiger partial charge is 0.218 e. The highest BCUT2D eigenvalue weighted by molar-refractivity contribution is 7.88. The number of hydrogen-bond acceptors (Lipinski definition) is 3. The summed E-state index contributed by atoms with van der Waals surface area (Å²) >= 11 is 0. The van der Waals surface area contributed by atoms with Crippen LogP contribution in [0.2, 0.25) is 0 Å². The van der Waals surface area contributed by atoms with Crippen molar-refractivity contribution >= 4 is 10.0 Å². The monoisotopic (exact) mass is 296 g/mol. The first-order valence-electron chi connectivity index (χ1n) is 7.31. The van der Waals surface area contributed by atoms with E-state index in [4.69, 9.17) is 0 Å². The zero-order valence-corrected chi connectivity index (χ0v) is 13.1. The molecule has 4 nitrogen and oxygen atoms in total. The first-order chi connectivity index (χ1) is 9.53.